The highest BCUT2D eigenvalue weighted by molar-refractivity contribution is 6.05. The van der Waals surface area contributed by atoms with E-state index in [0.29, 0.717) is 19.7 Å². The van der Waals surface area contributed by atoms with Gasteiger partial charge in [-0.3, -0.25) is 9.59 Å². The van der Waals surface area contributed by atoms with Crippen LogP contribution >= 0.6 is 0 Å². The Morgan fingerprint density at radius 2 is 2.09 bits per heavy atom. The van der Waals surface area contributed by atoms with E-state index in [1.54, 1.807) is 12.0 Å². The van der Waals surface area contributed by atoms with Gasteiger partial charge in [-0.2, -0.15) is 5.10 Å². The second-order valence-corrected chi connectivity index (χ2v) is 5.46. The fourth-order valence-electron chi connectivity index (χ4n) is 2.78. The summed E-state index contributed by atoms with van der Waals surface area (Å²) in [6, 6.07) is 10.8. The second kappa shape index (κ2) is 6.75. The third kappa shape index (κ3) is 3.17. The van der Waals surface area contributed by atoms with Crippen molar-refractivity contribution in [3.05, 3.63) is 58.0 Å². The maximum Gasteiger partial charge on any atom is 0.278 e. The third-order valence-electron chi connectivity index (χ3n) is 3.95. The van der Waals surface area contributed by atoms with Gasteiger partial charge in [0.2, 0.25) is 0 Å². The average Bonchev–Trinajstić information content (AvgIpc) is 2.60. The van der Waals surface area contributed by atoms with Crippen molar-refractivity contribution in [3.8, 4) is 0 Å². The molecule has 120 valence electrons. The molecule has 6 heteroatoms. The molecule has 0 unspecified atom stereocenters. The topological polar surface area (TPSA) is 64.4 Å². The van der Waals surface area contributed by atoms with Crippen LogP contribution in [0.3, 0.4) is 0 Å². The number of nitrogens with zero attached hydrogens (tertiary/aromatic N) is 3. The molecule has 2 aromatic rings. The molecule has 1 aromatic carbocycles. The monoisotopic (exact) mass is 313 g/mol. The first-order chi connectivity index (χ1) is 11.2. The quantitative estimate of drug-likeness (QED) is 0.858. The molecule has 1 aromatic heterocycles. The molecule has 0 atom stereocenters. The molecule has 0 radical (unpaired) electrons. The summed E-state index contributed by atoms with van der Waals surface area (Å²) in [5, 5.41) is 4.19. The predicted molar refractivity (Wildman–Crippen MR) is 86.8 cm³/mol. The summed E-state index contributed by atoms with van der Waals surface area (Å²) in [4.78, 5) is 26.4. The summed E-state index contributed by atoms with van der Waals surface area (Å²) < 4.78 is 6.24. The number of aromatic nitrogens is 2. The van der Waals surface area contributed by atoms with E-state index in [4.69, 9.17) is 4.74 Å². The van der Waals surface area contributed by atoms with Gasteiger partial charge in [-0.1, -0.05) is 18.2 Å². The Balaban J connectivity index is 1.91. The van der Waals surface area contributed by atoms with E-state index >= 15 is 0 Å². The number of carbonyl (C=O) groups is 1. The minimum absolute atomic E-state index is 0.177. The number of rotatable bonds is 4. The van der Waals surface area contributed by atoms with E-state index in [1.165, 1.54) is 22.4 Å². The van der Waals surface area contributed by atoms with Crippen LogP contribution in [0, 0.1) is 0 Å². The summed E-state index contributed by atoms with van der Waals surface area (Å²) in [6.45, 7) is 1.36. The van der Waals surface area contributed by atoms with Crippen molar-refractivity contribution in [2.45, 2.75) is 19.4 Å². The molecule has 0 aliphatic carbocycles. The standard InChI is InChI=1S/C17H19N3O3/c1-23-12-11-20-16(21)9-8-14(18-20)17(22)19-10-4-6-13-5-2-3-7-15(13)19/h2-3,5,7-9H,4,6,10-12H2,1H3. The van der Waals surface area contributed by atoms with E-state index in [9.17, 15) is 9.59 Å². The molecular weight excluding hydrogens is 294 g/mol. The Morgan fingerprint density at radius 1 is 1.26 bits per heavy atom. The highest BCUT2D eigenvalue weighted by Gasteiger charge is 2.24. The summed E-state index contributed by atoms with van der Waals surface area (Å²) in [6.07, 6.45) is 1.90. The van der Waals surface area contributed by atoms with Crippen LogP contribution in [0.1, 0.15) is 22.5 Å². The number of ether oxygens (including phenoxy) is 1. The zero-order chi connectivity index (χ0) is 16.2. The van der Waals surface area contributed by atoms with Crippen LogP contribution in [0.4, 0.5) is 5.69 Å². The van der Waals surface area contributed by atoms with Crippen molar-refractivity contribution in [1.82, 2.24) is 9.78 Å². The first-order valence-corrected chi connectivity index (χ1v) is 7.67. The van der Waals surface area contributed by atoms with Crippen molar-refractivity contribution in [2.24, 2.45) is 0 Å². The van der Waals surface area contributed by atoms with E-state index in [1.807, 2.05) is 24.3 Å². The van der Waals surface area contributed by atoms with Gasteiger partial charge in [0.1, 0.15) is 5.69 Å². The molecule has 0 saturated carbocycles. The lowest BCUT2D eigenvalue weighted by atomic mass is 10.0. The molecule has 2 heterocycles. The minimum atomic E-state index is -0.238. The largest absolute Gasteiger partial charge is 0.383 e. The van der Waals surface area contributed by atoms with Crippen LogP contribution in [0.15, 0.2) is 41.2 Å². The van der Waals surface area contributed by atoms with Gasteiger partial charge in [0.05, 0.1) is 13.2 Å². The lowest BCUT2D eigenvalue weighted by molar-refractivity contribution is 0.0976. The SMILES string of the molecule is COCCn1nc(C(=O)N2CCCc3ccccc32)ccc1=O. The number of aryl methyl sites for hydroxylation is 1. The van der Waals surface area contributed by atoms with E-state index < -0.39 is 0 Å². The zero-order valence-electron chi connectivity index (χ0n) is 13.1. The average molecular weight is 313 g/mol. The third-order valence-corrected chi connectivity index (χ3v) is 3.95. The minimum Gasteiger partial charge on any atom is -0.383 e. The van der Waals surface area contributed by atoms with Crippen molar-refractivity contribution in [1.29, 1.82) is 0 Å². The highest BCUT2D eigenvalue weighted by Crippen LogP contribution is 2.27. The zero-order valence-corrected chi connectivity index (χ0v) is 13.1. The Kier molecular flexibility index (Phi) is 4.52. The fourth-order valence-corrected chi connectivity index (χ4v) is 2.78. The Bertz CT molecular complexity index is 770. The number of methoxy groups -OCH3 is 1. The van der Waals surface area contributed by atoms with Crippen LogP contribution in [-0.4, -0.2) is 35.9 Å². The van der Waals surface area contributed by atoms with Gasteiger partial charge in [0.15, 0.2) is 0 Å². The lowest BCUT2D eigenvalue weighted by Gasteiger charge is -2.29. The predicted octanol–water partition coefficient (Wildman–Crippen LogP) is 1.48. The number of fused-ring (bicyclic) bond motifs is 1. The summed E-state index contributed by atoms with van der Waals surface area (Å²) in [7, 11) is 1.56. The molecule has 0 fully saturated rings. The van der Waals surface area contributed by atoms with Gasteiger partial charge in [0, 0.05) is 25.4 Å². The molecule has 1 aliphatic rings. The van der Waals surface area contributed by atoms with Gasteiger partial charge in [-0.05, 0) is 30.5 Å². The molecule has 1 aliphatic heterocycles. The molecule has 3 rings (SSSR count). The maximum atomic E-state index is 12.8. The number of anilines is 1. The normalized spacial score (nSPS) is 13.7. The number of hydrogen-bond acceptors (Lipinski definition) is 4. The van der Waals surface area contributed by atoms with Crippen LogP contribution in [0.25, 0.3) is 0 Å². The number of amides is 1. The van der Waals surface area contributed by atoms with Crippen molar-refractivity contribution in [2.75, 3.05) is 25.2 Å². The van der Waals surface area contributed by atoms with Crippen LogP contribution in [-0.2, 0) is 17.7 Å². The summed E-state index contributed by atoms with van der Waals surface area (Å²) in [5.74, 6) is -0.177. The number of carbonyl (C=O) groups excluding carboxylic acids is 1. The summed E-state index contributed by atoms with van der Waals surface area (Å²) >= 11 is 0. The molecule has 0 saturated heterocycles. The molecule has 0 spiro atoms. The smallest absolute Gasteiger partial charge is 0.278 e. The van der Waals surface area contributed by atoms with E-state index in [0.717, 1.165) is 18.5 Å². The maximum absolute atomic E-state index is 12.8. The van der Waals surface area contributed by atoms with Gasteiger partial charge in [-0.15, -0.1) is 0 Å². The lowest BCUT2D eigenvalue weighted by Crippen LogP contribution is -2.37. The molecule has 0 bridgehead atoms. The first-order valence-electron chi connectivity index (χ1n) is 7.67. The van der Waals surface area contributed by atoms with E-state index in [-0.39, 0.29) is 17.2 Å². The van der Waals surface area contributed by atoms with Gasteiger partial charge < -0.3 is 9.64 Å². The van der Waals surface area contributed by atoms with E-state index in [2.05, 4.69) is 5.10 Å². The molecule has 23 heavy (non-hydrogen) atoms. The summed E-state index contributed by atoms with van der Waals surface area (Å²) in [5.41, 5.74) is 2.13. The number of para-hydroxylation sites is 1. The van der Waals surface area contributed by atoms with Crippen LogP contribution in [0.2, 0.25) is 0 Å². The number of benzene rings is 1. The van der Waals surface area contributed by atoms with Crippen molar-refractivity contribution in [3.63, 3.8) is 0 Å². The second-order valence-electron chi connectivity index (χ2n) is 5.46. The highest BCUT2D eigenvalue weighted by atomic mass is 16.5. The Hall–Kier alpha value is -2.47. The molecule has 1 amide bonds. The van der Waals surface area contributed by atoms with Crippen molar-refractivity contribution >= 4 is 11.6 Å². The Labute approximate surface area is 134 Å². The van der Waals surface area contributed by atoms with Crippen molar-refractivity contribution < 1.29 is 9.53 Å². The Morgan fingerprint density at radius 3 is 2.91 bits per heavy atom. The fraction of sp³-hybridized carbons (Fsp3) is 0.353. The number of hydrogen-bond donors (Lipinski definition) is 0. The van der Waals surface area contributed by atoms with Gasteiger partial charge in [0.25, 0.3) is 11.5 Å². The van der Waals surface area contributed by atoms with Crippen LogP contribution < -0.4 is 10.5 Å². The van der Waals surface area contributed by atoms with Gasteiger partial charge >= 0.3 is 0 Å². The first kappa shape index (κ1) is 15.4. The van der Waals surface area contributed by atoms with Gasteiger partial charge in [-0.25, -0.2) is 4.68 Å². The van der Waals surface area contributed by atoms with Crippen LogP contribution in [0.5, 0.6) is 0 Å². The molecule has 0 N–H and O–H groups in total. The molecule has 6 nitrogen and oxygen atoms in total. The molecular formula is C17H19N3O3.